The molecule has 7 nitrogen and oxygen atoms in total. The van der Waals surface area contributed by atoms with Crippen LogP contribution in [0.2, 0.25) is 0 Å². The molecule has 2 N–H and O–H groups in total. The van der Waals surface area contributed by atoms with Crippen molar-refractivity contribution >= 4 is 17.8 Å². The van der Waals surface area contributed by atoms with Gasteiger partial charge in [-0.3, -0.25) is 19.5 Å². The zero-order chi connectivity index (χ0) is 22.1. The maximum atomic E-state index is 12.8. The minimum atomic E-state index is -0.106. The standard InChI is InChI=1S/C25H32N4O3/c1-2-26-25(28-11-8-16-4-7-20-17(14-16)9-13-32-20)27-10-3-12-29-23(30)21-18-5-6-19(15-18)22(21)24(29)31/h4-7,14,18-19,21-22H,2-3,8-13,15H2,1H3,(H2,26,27,28). The molecule has 0 aromatic heterocycles. The average Bonchev–Trinajstić information content (AvgIpc) is 3.56. The Morgan fingerprint density at radius 1 is 1.16 bits per heavy atom. The van der Waals surface area contributed by atoms with E-state index in [0.29, 0.717) is 19.5 Å². The number of hydrogen-bond acceptors (Lipinski definition) is 4. The van der Waals surface area contributed by atoms with Crippen molar-refractivity contribution in [1.29, 1.82) is 0 Å². The first-order valence-electron chi connectivity index (χ1n) is 12.0. The van der Waals surface area contributed by atoms with Crippen LogP contribution >= 0.6 is 0 Å². The average molecular weight is 437 g/mol. The molecule has 5 rings (SSSR count). The monoisotopic (exact) mass is 436 g/mol. The normalized spacial score (nSPS) is 27.7. The number of benzene rings is 1. The summed E-state index contributed by atoms with van der Waals surface area (Å²) < 4.78 is 5.57. The van der Waals surface area contributed by atoms with Gasteiger partial charge in [0.15, 0.2) is 5.96 Å². The molecule has 2 aliphatic carbocycles. The summed E-state index contributed by atoms with van der Waals surface area (Å²) in [6.45, 7) is 5.42. The molecule has 0 radical (unpaired) electrons. The molecule has 2 aliphatic heterocycles. The van der Waals surface area contributed by atoms with Crippen molar-refractivity contribution in [2.24, 2.45) is 28.7 Å². The molecule has 4 atom stereocenters. The zero-order valence-electron chi connectivity index (χ0n) is 18.7. The van der Waals surface area contributed by atoms with Crippen molar-refractivity contribution in [1.82, 2.24) is 15.5 Å². The summed E-state index contributed by atoms with van der Waals surface area (Å²) in [5.41, 5.74) is 2.58. The molecule has 2 fully saturated rings. The van der Waals surface area contributed by atoms with E-state index >= 15 is 0 Å². The van der Waals surface area contributed by atoms with Crippen molar-refractivity contribution in [2.75, 3.05) is 32.8 Å². The second-order valence-corrected chi connectivity index (χ2v) is 9.16. The largest absolute Gasteiger partial charge is 0.493 e. The Morgan fingerprint density at radius 2 is 1.94 bits per heavy atom. The van der Waals surface area contributed by atoms with Gasteiger partial charge in [-0.25, -0.2) is 0 Å². The Morgan fingerprint density at radius 3 is 2.69 bits per heavy atom. The van der Waals surface area contributed by atoms with Crippen LogP contribution in [-0.2, 0) is 22.4 Å². The number of amides is 2. The Labute approximate surface area is 189 Å². The smallest absolute Gasteiger partial charge is 0.233 e. The van der Waals surface area contributed by atoms with E-state index in [1.807, 2.05) is 6.92 Å². The Hall–Kier alpha value is -2.83. The number of likely N-dealkylation sites (tertiary alicyclic amines) is 1. The second kappa shape index (κ2) is 8.96. The van der Waals surface area contributed by atoms with Gasteiger partial charge in [-0.15, -0.1) is 0 Å². The molecule has 1 saturated carbocycles. The molecule has 170 valence electrons. The molecule has 1 aromatic rings. The van der Waals surface area contributed by atoms with Crippen LogP contribution in [-0.4, -0.2) is 55.5 Å². The molecule has 1 aromatic carbocycles. The van der Waals surface area contributed by atoms with Crippen LogP contribution < -0.4 is 15.4 Å². The highest BCUT2D eigenvalue weighted by atomic mass is 16.5. The number of guanidine groups is 1. The molecule has 1 saturated heterocycles. The fourth-order valence-electron chi connectivity index (χ4n) is 5.67. The van der Waals surface area contributed by atoms with Gasteiger partial charge in [0.05, 0.1) is 18.4 Å². The lowest BCUT2D eigenvalue weighted by atomic mass is 9.85. The van der Waals surface area contributed by atoms with E-state index in [0.717, 1.165) is 50.7 Å². The third kappa shape index (κ3) is 3.89. The zero-order valence-corrected chi connectivity index (χ0v) is 18.7. The van der Waals surface area contributed by atoms with Crippen LogP contribution in [0.25, 0.3) is 0 Å². The number of imide groups is 1. The third-order valence-electron chi connectivity index (χ3n) is 7.18. The molecule has 4 aliphatic rings. The molecule has 2 amide bonds. The number of fused-ring (bicyclic) bond motifs is 6. The van der Waals surface area contributed by atoms with Gasteiger partial charge in [-0.2, -0.15) is 0 Å². The van der Waals surface area contributed by atoms with Crippen molar-refractivity contribution < 1.29 is 14.3 Å². The van der Waals surface area contributed by atoms with Crippen LogP contribution in [0.1, 0.15) is 30.9 Å². The molecular formula is C25H32N4O3. The third-order valence-corrected chi connectivity index (χ3v) is 7.18. The first-order chi connectivity index (χ1) is 15.7. The molecule has 0 spiro atoms. The number of nitrogens with one attached hydrogen (secondary N) is 2. The molecule has 4 unspecified atom stereocenters. The van der Waals surface area contributed by atoms with Crippen molar-refractivity contribution in [3.8, 4) is 5.75 Å². The van der Waals surface area contributed by atoms with Gasteiger partial charge in [-0.1, -0.05) is 24.3 Å². The van der Waals surface area contributed by atoms with Crippen molar-refractivity contribution in [3.63, 3.8) is 0 Å². The molecule has 7 heteroatoms. The number of carbonyl (C=O) groups excluding carboxylic acids is 2. The van der Waals surface area contributed by atoms with Gasteiger partial charge >= 0.3 is 0 Å². The van der Waals surface area contributed by atoms with Crippen LogP contribution in [0.3, 0.4) is 0 Å². The lowest BCUT2D eigenvalue weighted by Gasteiger charge is -2.17. The highest BCUT2D eigenvalue weighted by Gasteiger charge is 2.58. The van der Waals surface area contributed by atoms with E-state index in [1.165, 1.54) is 16.0 Å². The minimum absolute atomic E-state index is 0.0330. The van der Waals surface area contributed by atoms with Gasteiger partial charge in [0.2, 0.25) is 11.8 Å². The van der Waals surface area contributed by atoms with Gasteiger partial charge < -0.3 is 15.4 Å². The lowest BCUT2D eigenvalue weighted by molar-refractivity contribution is -0.140. The van der Waals surface area contributed by atoms with Crippen LogP contribution in [0.4, 0.5) is 0 Å². The number of nitrogens with zero attached hydrogens (tertiary/aromatic N) is 2. The second-order valence-electron chi connectivity index (χ2n) is 9.16. The number of allylic oxidation sites excluding steroid dienone is 2. The first kappa shape index (κ1) is 21.0. The van der Waals surface area contributed by atoms with Crippen molar-refractivity contribution in [2.45, 2.75) is 32.6 Å². The van der Waals surface area contributed by atoms with Crippen LogP contribution in [0.15, 0.2) is 35.3 Å². The number of rotatable bonds is 8. The number of hydrogen-bond donors (Lipinski definition) is 2. The fourth-order valence-corrected chi connectivity index (χ4v) is 5.67. The number of ether oxygens (including phenoxy) is 1. The van der Waals surface area contributed by atoms with Crippen molar-refractivity contribution in [3.05, 3.63) is 41.5 Å². The Balaban J connectivity index is 1.09. The summed E-state index contributed by atoms with van der Waals surface area (Å²) in [6.07, 6.45) is 7.82. The van der Waals surface area contributed by atoms with Gasteiger partial charge in [0, 0.05) is 32.6 Å². The molecule has 32 heavy (non-hydrogen) atoms. The predicted molar refractivity (Wildman–Crippen MR) is 122 cm³/mol. The predicted octanol–water partition coefficient (Wildman–Crippen LogP) is 1.92. The number of carbonyl (C=O) groups is 2. The molecular weight excluding hydrogens is 404 g/mol. The van der Waals surface area contributed by atoms with E-state index in [1.54, 1.807) is 0 Å². The van der Waals surface area contributed by atoms with Gasteiger partial charge in [0.1, 0.15) is 5.75 Å². The Bertz CT molecular complexity index is 927. The van der Waals surface area contributed by atoms with Crippen LogP contribution in [0, 0.1) is 23.7 Å². The summed E-state index contributed by atoms with van der Waals surface area (Å²) in [4.78, 5) is 31.7. The summed E-state index contributed by atoms with van der Waals surface area (Å²) in [5, 5.41) is 6.66. The van der Waals surface area contributed by atoms with E-state index in [2.05, 4.69) is 46.0 Å². The summed E-state index contributed by atoms with van der Waals surface area (Å²) in [7, 11) is 0. The van der Waals surface area contributed by atoms with E-state index in [-0.39, 0.29) is 35.5 Å². The number of aliphatic imine (C=N–C) groups is 1. The maximum absolute atomic E-state index is 12.8. The fraction of sp³-hybridized carbons (Fsp3) is 0.560. The minimum Gasteiger partial charge on any atom is -0.493 e. The van der Waals surface area contributed by atoms with E-state index < -0.39 is 0 Å². The summed E-state index contributed by atoms with van der Waals surface area (Å²) in [5.74, 6) is 2.18. The summed E-state index contributed by atoms with van der Waals surface area (Å²) >= 11 is 0. The lowest BCUT2D eigenvalue weighted by Crippen LogP contribution is -2.38. The first-order valence-corrected chi connectivity index (χ1v) is 12.0. The van der Waals surface area contributed by atoms with Gasteiger partial charge in [-0.05, 0) is 55.2 Å². The topological polar surface area (TPSA) is 83.0 Å². The van der Waals surface area contributed by atoms with Crippen LogP contribution in [0.5, 0.6) is 5.75 Å². The molecule has 2 heterocycles. The highest BCUT2D eigenvalue weighted by Crippen LogP contribution is 2.52. The summed E-state index contributed by atoms with van der Waals surface area (Å²) in [6, 6.07) is 6.42. The SMILES string of the molecule is CCNC(=NCCCN1C(=O)C2C3C=CC(C3)C2C1=O)NCCc1ccc2c(c1)CCO2. The van der Waals surface area contributed by atoms with Gasteiger partial charge in [0.25, 0.3) is 0 Å². The molecule has 2 bridgehead atoms. The quantitative estimate of drug-likeness (QED) is 0.214. The highest BCUT2D eigenvalue weighted by molar-refractivity contribution is 6.06. The Kier molecular flexibility index (Phi) is 5.89. The van der Waals surface area contributed by atoms with E-state index in [9.17, 15) is 9.59 Å². The van der Waals surface area contributed by atoms with E-state index in [4.69, 9.17) is 4.74 Å². The maximum Gasteiger partial charge on any atom is 0.233 e.